The van der Waals surface area contributed by atoms with Crippen LogP contribution in [0.5, 0.6) is 5.75 Å². The number of aryl methyl sites for hydroxylation is 1. The maximum atomic E-state index is 12.8. The molecule has 0 N–H and O–H groups in total. The van der Waals surface area contributed by atoms with Crippen molar-refractivity contribution in [2.24, 2.45) is 0 Å². The quantitative estimate of drug-likeness (QED) is 0.671. The van der Waals surface area contributed by atoms with Gasteiger partial charge in [-0.05, 0) is 38.1 Å². The fourth-order valence-corrected chi connectivity index (χ4v) is 3.79. The summed E-state index contributed by atoms with van der Waals surface area (Å²) in [5.41, 5.74) is 0.0976. The van der Waals surface area contributed by atoms with Crippen LogP contribution in [0.15, 0.2) is 70.6 Å². The van der Waals surface area contributed by atoms with Crippen molar-refractivity contribution in [1.82, 2.24) is 8.54 Å². The zero-order chi connectivity index (χ0) is 19.6. The number of nitrogens with zero attached hydrogens (tertiary/aromatic N) is 2. The summed E-state index contributed by atoms with van der Waals surface area (Å²) in [5.74, 6) is -0.340. The summed E-state index contributed by atoms with van der Waals surface area (Å²) in [6.45, 7) is 3.95. The molecular formula is C19H18N2O5S. The topological polar surface area (TPSA) is 87.4 Å². The van der Waals surface area contributed by atoms with Gasteiger partial charge >= 0.3 is 5.69 Å². The van der Waals surface area contributed by atoms with Crippen LogP contribution in [0.4, 0.5) is 0 Å². The molecule has 0 bridgehead atoms. The predicted octanol–water partition coefficient (Wildman–Crippen LogP) is 2.28. The number of carbonyl (C=O) groups excluding carboxylic acids is 1. The van der Waals surface area contributed by atoms with Crippen LogP contribution in [0.1, 0.15) is 22.8 Å². The molecule has 8 heteroatoms. The van der Waals surface area contributed by atoms with Crippen molar-refractivity contribution >= 4 is 15.9 Å². The first kappa shape index (κ1) is 18.7. The molecule has 0 aliphatic carbocycles. The summed E-state index contributed by atoms with van der Waals surface area (Å²) in [5, 5.41) is 0. The molecule has 3 aromatic rings. The Bertz CT molecular complexity index is 1140. The molecule has 140 valence electrons. The first-order valence-corrected chi connectivity index (χ1v) is 9.69. The zero-order valence-electron chi connectivity index (χ0n) is 14.8. The van der Waals surface area contributed by atoms with Crippen molar-refractivity contribution in [3.63, 3.8) is 0 Å². The van der Waals surface area contributed by atoms with Crippen molar-refractivity contribution in [3.8, 4) is 5.75 Å². The normalized spacial score (nSPS) is 11.3. The van der Waals surface area contributed by atoms with E-state index in [1.165, 1.54) is 18.2 Å². The van der Waals surface area contributed by atoms with Gasteiger partial charge in [-0.1, -0.05) is 29.8 Å². The zero-order valence-corrected chi connectivity index (χ0v) is 15.6. The second-order valence-corrected chi connectivity index (χ2v) is 7.61. The average molecular weight is 386 g/mol. The van der Waals surface area contributed by atoms with Crippen molar-refractivity contribution in [1.29, 1.82) is 0 Å². The number of imidazole rings is 1. The molecule has 0 saturated carbocycles. The molecule has 27 heavy (non-hydrogen) atoms. The first-order chi connectivity index (χ1) is 12.9. The Morgan fingerprint density at radius 2 is 1.70 bits per heavy atom. The van der Waals surface area contributed by atoms with Crippen LogP contribution >= 0.6 is 0 Å². The maximum absolute atomic E-state index is 12.8. The molecule has 1 aromatic heterocycles. The standard InChI is InChI=1S/C19H18N2O5S/c1-3-26-17-7-5-4-6-16(17)18(22)20-12-13-21(19(20)23)27(24,25)15-10-8-14(2)9-11-15/h4-13H,3H2,1-2H3. The Balaban J connectivity index is 2.05. The Kier molecular flexibility index (Phi) is 5.00. The Morgan fingerprint density at radius 3 is 2.37 bits per heavy atom. The molecule has 7 nitrogen and oxygen atoms in total. The summed E-state index contributed by atoms with van der Waals surface area (Å²) in [6, 6.07) is 12.6. The second kappa shape index (κ2) is 7.24. The summed E-state index contributed by atoms with van der Waals surface area (Å²) >= 11 is 0. The van der Waals surface area contributed by atoms with Gasteiger partial charge in [0.2, 0.25) is 0 Å². The van der Waals surface area contributed by atoms with Gasteiger partial charge in [-0.3, -0.25) is 4.79 Å². The monoisotopic (exact) mass is 386 g/mol. The van der Waals surface area contributed by atoms with Crippen LogP contribution < -0.4 is 10.4 Å². The summed E-state index contributed by atoms with van der Waals surface area (Å²) in [7, 11) is -4.10. The lowest BCUT2D eigenvalue weighted by molar-refractivity contribution is 0.0952. The van der Waals surface area contributed by atoms with Crippen LogP contribution in [0, 0.1) is 6.92 Å². The number of rotatable bonds is 5. The van der Waals surface area contributed by atoms with Crippen molar-refractivity contribution in [2.45, 2.75) is 18.7 Å². The molecule has 0 aliphatic rings. The maximum Gasteiger partial charge on any atom is 0.349 e. The molecule has 0 saturated heterocycles. The third-order valence-corrected chi connectivity index (χ3v) is 5.62. The van der Waals surface area contributed by atoms with E-state index >= 15 is 0 Å². The van der Waals surface area contributed by atoms with Crippen molar-refractivity contribution < 1.29 is 17.9 Å². The van der Waals surface area contributed by atoms with Crippen molar-refractivity contribution in [3.05, 3.63) is 82.5 Å². The summed E-state index contributed by atoms with van der Waals surface area (Å²) < 4.78 is 32.2. The first-order valence-electron chi connectivity index (χ1n) is 8.25. The molecule has 0 radical (unpaired) electrons. The van der Waals surface area contributed by atoms with Gasteiger partial charge < -0.3 is 4.74 Å². The van der Waals surface area contributed by atoms with E-state index in [1.54, 1.807) is 37.3 Å². The third kappa shape index (κ3) is 3.43. The summed E-state index contributed by atoms with van der Waals surface area (Å²) in [6.07, 6.45) is 2.21. The van der Waals surface area contributed by atoms with Crippen LogP contribution in [0.25, 0.3) is 0 Å². The second-order valence-electron chi connectivity index (χ2n) is 5.80. The average Bonchev–Trinajstić information content (AvgIpc) is 3.04. The summed E-state index contributed by atoms with van der Waals surface area (Å²) in [4.78, 5) is 25.4. The van der Waals surface area contributed by atoms with E-state index < -0.39 is 21.6 Å². The lowest BCUT2D eigenvalue weighted by Gasteiger charge is -2.09. The van der Waals surface area contributed by atoms with Gasteiger partial charge in [0.1, 0.15) is 5.75 Å². The highest BCUT2D eigenvalue weighted by Crippen LogP contribution is 2.19. The molecule has 0 fully saturated rings. The Labute approximate surface area is 156 Å². The number of aromatic nitrogens is 2. The van der Waals surface area contributed by atoms with Gasteiger partial charge in [0, 0.05) is 12.4 Å². The molecule has 3 rings (SSSR count). The fourth-order valence-electron chi connectivity index (χ4n) is 2.58. The van der Waals surface area contributed by atoms with E-state index in [0.717, 1.165) is 22.5 Å². The molecule has 0 atom stereocenters. The van der Waals surface area contributed by atoms with Crippen LogP contribution in [-0.4, -0.2) is 29.5 Å². The molecule has 0 unspecified atom stereocenters. The smallest absolute Gasteiger partial charge is 0.349 e. The minimum absolute atomic E-state index is 0.0323. The lowest BCUT2D eigenvalue weighted by Crippen LogP contribution is -2.32. The molecule has 0 aliphatic heterocycles. The Hall–Kier alpha value is -3.13. The molecule has 0 amide bonds. The third-order valence-electron chi connectivity index (χ3n) is 3.96. The van der Waals surface area contributed by atoms with E-state index in [1.807, 2.05) is 6.92 Å². The van der Waals surface area contributed by atoms with E-state index in [4.69, 9.17) is 4.74 Å². The number of benzene rings is 2. The number of carbonyl (C=O) groups is 1. The SMILES string of the molecule is CCOc1ccccc1C(=O)n1ccn(S(=O)(=O)c2ccc(C)cc2)c1=O. The van der Waals surface area contributed by atoms with Gasteiger partial charge in [0.25, 0.3) is 15.9 Å². The highest BCUT2D eigenvalue weighted by atomic mass is 32.2. The fraction of sp³-hybridized carbons (Fsp3) is 0.158. The van der Waals surface area contributed by atoms with Gasteiger partial charge in [-0.15, -0.1) is 0 Å². The lowest BCUT2D eigenvalue weighted by atomic mass is 10.2. The van der Waals surface area contributed by atoms with Gasteiger partial charge in [-0.2, -0.15) is 3.97 Å². The van der Waals surface area contributed by atoms with Gasteiger partial charge in [0.15, 0.2) is 0 Å². The molecule has 2 aromatic carbocycles. The van der Waals surface area contributed by atoms with Gasteiger partial charge in [-0.25, -0.2) is 17.8 Å². The van der Waals surface area contributed by atoms with E-state index in [0.29, 0.717) is 16.3 Å². The minimum atomic E-state index is -4.10. The van der Waals surface area contributed by atoms with Crippen LogP contribution in [0.3, 0.4) is 0 Å². The molecular weight excluding hydrogens is 368 g/mol. The van der Waals surface area contributed by atoms with Crippen molar-refractivity contribution in [2.75, 3.05) is 6.61 Å². The van der Waals surface area contributed by atoms with E-state index in [9.17, 15) is 18.0 Å². The molecule has 1 heterocycles. The number of hydrogen-bond acceptors (Lipinski definition) is 5. The number of ether oxygens (including phenoxy) is 1. The minimum Gasteiger partial charge on any atom is -0.493 e. The largest absolute Gasteiger partial charge is 0.493 e. The highest BCUT2D eigenvalue weighted by molar-refractivity contribution is 7.90. The highest BCUT2D eigenvalue weighted by Gasteiger charge is 2.24. The van der Waals surface area contributed by atoms with E-state index in [2.05, 4.69) is 0 Å². The number of para-hydroxylation sites is 1. The Morgan fingerprint density at radius 1 is 1.04 bits per heavy atom. The van der Waals surface area contributed by atoms with Crippen LogP contribution in [0.2, 0.25) is 0 Å². The van der Waals surface area contributed by atoms with Crippen LogP contribution in [-0.2, 0) is 10.0 Å². The predicted molar refractivity (Wildman–Crippen MR) is 99.8 cm³/mol. The van der Waals surface area contributed by atoms with E-state index in [-0.39, 0.29) is 10.5 Å². The molecule has 0 spiro atoms. The van der Waals surface area contributed by atoms with Gasteiger partial charge in [0.05, 0.1) is 17.1 Å². The number of hydrogen-bond donors (Lipinski definition) is 0.